The molecule has 0 radical (unpaired) electrons. The van der Waals surface area contributed by atoms with Gasteiger partial charge >= 0.3 is 53.7 Å². The fourth-order valence-electron chi connectivity index (χ4n) is 0.125. The fourth-order valence-corrected chi connectivity index (χ4v) is 1.46. The van der Waals surface area contributed by atoms with Gasteiger partial charge in [-0.05, 0) is 0 Å². The van der Waals surface area contributed by atoms with Crippen LogP contribution in [0.25, 0.3) is 0 Å². The quantitative estimate of drug-likeness (QED) is 0.455. The average Bonchev–Trinajstić information content (AvgIpc) is 1.68. The minimum atomic E-state index is -0.284. The van der Waals surface area contributed by atoms with Crippen molar-refractivity contribution in [3.8, 4) is 0 Å². The zero-order chi connectivity index (χ0) is 5.70. The number of carbonyl (C=O) groups excluding carboxylic acids is 1. The molecule has 0 amide bonds. The van der Waals surface area contributed by atoms with Gasteiger partial charge in [0.15, 0.2) is 0 Å². The molecule has 0 aromatic carbocycles. The number of aldehydes is 1. The van der Waals surface area contributed by atoms with E-state index in [4.69, 9.17) is 5.73 Å². The van der Waals surface area contributed by atoms with Gasteiger partial charge in [0, 0.05) is 0 Å². The molecule has 1 atom stereocenters. The number of rotatable bonds is 3. The molecule has 0 aromatic heterocycles. The molecule has 7 heavy (non-hydrogen) atoms. The van der Waals surface area contributed by atoms with Gasteiger partial charge in [-0.3, -0.25) is 0 Å². The van der Waals surface area contributed by atoms with E-state index in [-0.39, 0.29) is 6.04 Å². The summed E-state index contributed by atoms with van der Waals surface area (Å²) in [6, 6.07) is -0.284. The van der Waals surface area contributed by atoms with E-state index < -0.39 is 0 Å². The Balaban J connectivity index is 2.98. The topological polar surface area (TPSA) is 43.1 Å². The molecule has 0 heterocycles. The van der Waals surface area contributed by atoms with E-state index in [1.54, 1.807) is 0 Å². The van der Waals surface area contributed by atoms with Gasteiger partial charge in [-0.25, -0.2) is 0 Å². The van der Waals surface area contributed by atoms with Gasteiger partial charge in [0.05, 0.1) is 0 Å². The van der Waals surface area contributed by atoms with Crippen molar-refractivity contribution in [3.05, 3.63) is 0 Å². The Bertz CT molecular complexity index is 60.9. The summed E-state index contributed by atoms with van der Waals surface area (Å²) >= 11 is 2.30. The second-order valence-electron chi connectivity index (χ2n) is 1.10. The Morgan fingerprint density at radius 1 is 2.00 bits per heavy atom. The van der Waals surface area contributed by atoms with Crippen LogP contribution in [0.3, 0.4) is 0 Å². The number of hydrogen-bond acceptors (Lipinski definition) is 3. The Kier molecular flexibility index (Phi) is 4.99. The molecule has 0 spiro atoms. The predicted molar refractivity (Wildman–Crippen MR) is 33.6 cm³/mol. The molecule has 0 saturated carbocycles. The van der Waals surface area contributed by atoms with Crippen LogP contribution in [-0.4, -0.2) is 33.0 Å². The Morgan fingerprint density at radius 3 is 2.71 bits per heavy atom. The van der Waals surface area contributed by atoms with Crippen LogP contribution in [0, 0.1) is 0 Å². The molecule has 0 fully saturated rings. The molecule has 0 bridgehead atoms. The van der Waals surface area contributed by atoms with E-state index in [0.29, 0.717) is 5.75 Å². The summed E-state index contributed by atoms with van der Waals surface area (Å²) in [7, 11) is 1.52. The Hall–Kier alpha value is 0.499. The van der Waals surface area contributed by atoms with Crippen LogP contribution in [-0.2, 0) is 4.79 Å². The molecule has 42 valence electrons. The number of carbonyl (C=O) groups is 1. The average molecular weight is 184 g/mol. The molecular weight excluding hydrogens is 177 g/mol. The van der Waals surface area contributed by atoms with Crippen molar-refractivity contribution in [3.63, 3.8) is 0 Å². The summed E-state index contributed by atoms with van der Waals surface area (Å²) in [5.41, 5.74) is 5.18. The van der Waals surface area contributed by atoms with Gasteiger partial charge in [0.25, 0.3) is 0 Å². The number of hydrogen-bond donors (Lipinski definition) is 1. The van der Waals surface area contributed by atoms with Crippen LogP contribution < -0.4 is 5.73 Å². The Morgan fingerprint density at radius 2 is 2.57 bits per heavy atom. The molecule has 0 saturated heterocycles. The normalized spacial score (nSPS) is 13.4. The van der Waals surface area contributed by atoms with Gasteiger partial charge in [0.2, 0.25) is 0 Å². The zero-order valence-electron chi connectivity index (χ0n) is 3.70. The summed E-state index contributed by atoms with van der Waals surface area (Å²) in [5.74, 6) is 0.698. The van der Waals surface area contributed by atoms with Crippen molar-refractivity contribution in [2.24, 2.45) is 5.73 Å². The summed E-state index contributed by atoms with van der Waals surface area (Å²) in [6.07, 6.45) is 0.750. The van der Waals surface area contributed by atoms with Crippen molar-refractivity contribution in [1.29, 1.82) is 0 Å². The van der Waals surface area contributed by atoms with Crippen molar-refractivity contribution in [1.82, 2.24) is 0 Å². The van der Waals surface area contributed by atoms with Crippen LogP contribution >= 0.6 is 10.2 Å². The molecule has 2 N–H and O–H groups in total. The minimum absolute atomic E-state index is 0.284. The van der Waals surface area contributed by atoms with Crippen LogP contribution in [0.2, 0.25) is 0 Å². The summed E-state index contributed by atoms with van der Waals surface area (Å²) < 4.78 is 0. The second kappa shape index (κ2) is 4.65. The standard InChI is InChI=1S/C3H7NOSSe/c4-3(1-5)2-6-7/h1,3,7H,2,4H2. The van der Waals surface area contributed by atoms with Crippen LogP contribution in [0.4, 0.5) is 0 Å². The molecule has 0 aliphatic carbocycles. The van der Waals surface area contributed by atoms with E-state index in [0.717, 1.165) is 6.29 Å². The van der Waals surface area contributed by atoms with Crippen molar-refractivity contribution >= 4 is 31.4 Å². The van der Waals surface area contributed by atoms with E-state index in [2.05, 4.69) is 14.9 Å². The fraction of sp³-hybridized carbons (Fsp3) is 0.667. The van der Waals surface area contributed by atoms with Crippen LogP contribution in [0.15, 0.2) is 0 Å². The van der Waals surface area contributed by atoms with E-state index in [1.165, 1.54) is 10.2 Å². The van der Waals surface area contributed by atoms with Crippen molar-refractivity contribution in [2.75, 3.05) is 5.75 Å². The first-order chi connectivity index (χ1) is 3.31. The van der Waals surface area contributed by atoms with E-state index in [1.807, 2.05) is 0 Å². The number of nitrogens with two attached hydrogens (primary N) is 1. The third kappa shape index (κ3) is 4.35. The summed E-state index contributed by atoms with van der Waals surface area (Å²) in [5, 5.41) is 0. The predicted octanol–water partition coefficient (Wildman–Crippen LogP) is -0.938. The molecule has 0 aliphatic heterocycles. The van der Waals surface area contributed by atoms with Gasteiger partial charge in [-0.2, -0.15) is 0 Å². The van der Waals surface area contributed by atoms with E-state index >= 15 is 0 Å². The zero-order valence-corrected chi connectivity index (χ0v) is 6.40. The van der Waals surface area contributed by atoms with E-state index in [9.17, 15) is 4.79 Å². The maximum absolute atomic E-state index is 9.75. The van der Waals surface area contributed by atoms with Crippen molar-refractivity contribution < 1.29 is 4.79 Å². The first kappa shape index (κ1) is 7.50. The van der Waals surface area contributed by atoms with Crippen LogP contribution in [0.1, 0.15) is 0 Å². The monoisotopic (exact) mass is 185 g/mol. The van der Waals surface area contributed by atoms with Crippen molar-refractivity contribution in [2.45, 2.75) is 6.04 Å². The van der Waals surface area contributed by atoms with Gasteiger partial charge in [-0.15, -0.1) is 0 Å². The summed E-state index contributed by atoms with van der Waals surface area (Å²) in [6.45, 7) is 0. The molecule has 2 nitrogen and oxygen atoms in total. The second-order valence-corrected chi connectivity index (χ2v) is 3.31. The van der Waals surface area contributed by atoms with Gasteiger partial charge in [-0.1, -0.05) is 0 Å². The first-order valence-corrected chi connectivity index (χ1v) is 5.02. The van der Waals surface area contributed by atoms with Crippen LogP contribution in [0.5, 0.6) is 0 Å². The molecule has 0 aliphatic rings. The summed E-state index contributed by atoms with van der Waals surface area (Å²) in [4.78, 5) is 9.75. The molecular formula is C3H7NOSSe. The maximum atomic E-state index is 9.75. The van der Waals surface area contributed by atoms with Gasteiger partial charge in [0.1, 0.15) is 0 Å². The molecule has 1 unspecified atom stereocenters. The van der Waals surface area contributed by atoms with Gasteiger partial charge < -0.3 is 0 Å². The molecule has 0 aromatic rings. The first-order valence-electron chi connectivity index (χ1n) is 1.78. The third-order valence-corrected chi connectivity index (χ3v) is 1.91. The molecule has 4 heteroatoms. The molecule has 0 rings (SSSR count). The SMILES string of the molecule is NC(C=O)CS[SeH]. The third-order valence-electron chi connectivity index (χ3n) is 0.442. The Labute approximate surface area is 54.1 Å².